The van der Waals surface area contributed by atoms with Gasteiger partial charge in [0.05, 0.1) is 12.3 Å². The molecule has 6 nitrogen and oxygen atoms in total. The molecule has 0 spiro atoms. The normalized spacial score (nSPS) is 16.1. The van der Waals surface area contributed by atoms with Gasteiger partial charge >= 0.3 is 0 Å². The van der Waals surface area contributed by atoms with Crippen molar-refractivity contribution in [1.82, 2.24) is 14.1 Å². The lowest BCUT2D eigenvalue weighted by Crippen LogP contribution is -2.53. The Balaban J connectivity index is 1.55. The van der Waals surface area contributed by atoms with E-state index in [1.807, 2.05) is 30.3 Å². The van der Waals surface area contributed by atoms with Gasteiger partial charge in [-0.15, -0.1) is 0 Å². The lowest BCUT2D eigenvalue weighted by atomic mass is 9.96. The maximum atomic E-state index is 13.6. The van der Waals surface area contributed by atoms with E-state index < -0.39 is 16.1 Å². The van der Waals surface area contributed by atoms with Gasteiger partial charge in [-0.2, -0.15) is 4.31 Å². The van der Waals surface area contributed by atoms with E-state index in [-0.39, 0.29) is 11.9 Å². The largest absolute Gasteiger partial charge is 0.338 e. The van der Waals surface area contributed by atoms with Gasteiger partial charge < -0.3 is 4.90 Å². The number of benzene rings is 3. The van der Waals surface area contributed by atoms with E-state index in [0.717, 1.165) is 6.26 Å². The first kappa shape index (κ1) is 24.1. The second kappa shape index (κ2) is 10.5. The van der Waals surface area contributed by atoms with Gasteiger partial charge in [-0.05, 0) is 16.7 Å². The van der Waals surface area contributed by atoms with Crippen molar-refractivity contribution in [3.05, 3.63) is 108 Å². The van der Waals surface area contributed by atoms with Crippen LogP contribution in [0, 0.1) is 0 Å². The monoisotopic (exact) mass is 477 g/mol. The Morgan fingerprint density at radius 1 is 0.735 bits per heavy atom. The summed E-state index contributed by atoms with van der Waals surface area (Å²) in [5, 5.41) is 0. The first-order chi connectivity index (χ1) is 16.4. The Morgan fingerprint density at radius 2 is 1.15 bits per heavy atom. The van der Waals surface area contributed by atoms with Gasteiger partial charge in [-0.3, -0.25) is 9.69 Å². The summed E-state index contributed by atoms with van der Waals surface area (Å²) < 4.78 is 25.8. The minimum Gasteiger partial charge on any atom is -0.338 e. The summed E-state index contributed by atoms with van der Waals surface area (Å²) in [5.74, 6) is -0.185. The molecule has 178 valence electrons. The van der Waals surface area contributed by atoms with E-state index in [2.05, 4.69) is 53.4 Å². The first-order valence-corrected chi connectivity index (χ1v) is 13.3. The standard InChI is InChI=1S/C27H31N3O3S/c1-28(34(2,32)33)26(24-16-10-5-11-17-24)27(31)30-20-18-29(19-21-30)25(22-12-6-3-7-13-22)23-14-8-4-9-15-23/h3-17,25-26H,18-21H2,1-2H3. The molecule has 1 aliphatic rings. The number of carbonyl (C=O) groups is 1. The number of likely N-dealkylation sites (N-methyl/N-ethyl adjacent to an activating group) is 1. The maximum Gasteiger partial charge on any atom is 0.245 e. The number of rotatable bonds is 7. The summed E-state index contributed by atoms with van der Waals surface area (Å²) in [6, 6.07) is 29.2. The van der Waals surface area contributed by atoms with Gasteiger partial charge in [0.15, 0.2) is 0 Å². The van der Waals surface area contributed by atoms with E-state index in [1.165, 1.54) is 22.5 Å². The third kappa shape index (κ3) is 5.38. The number of carbonyl (C=O) groups excluding carboxylic acids is 1. The van der Waals surface area contributed by atoms with Crippen molar-refractivity contribution < 1.29 is 13.2 Å². The van der Waals surface area contributed by atoms with Crippen LogP contribution < -0.4 is 0 Å². The van der Waals surface area contributed by atoms with Crippen molar-refractivity contribution in [2.45, 2.75) is 12.1 Å². The van der Waals surface area contributed by atoms with Crippen LogP contribution in [0.2, 0.25) is 0 Å². The van der Waals surface area contributed by atoms with Gasteiger partial charge in [0.2, 0.25) is 15.9 Å². The second-order valence-electron chi connectivity index (χ2n) is 8.68. The average Bonchev–Trinajstić information content (AvgIpc) is 2.86. The number of amides is 1. The van der Waals surface area contributed by atoms with E-state index in [9.17, 15) is 13.2 Å². The summed E-state index contributed by atoms with van der Waals surface area (Å²) in [7, 11) is -2.08. The van der Waals surface area contributed by atoms with Crippen molar-refractivity contribution in [2.24, 2.45) is 0 Å². The number of sulfonamides is 1. The molecule has 0 aliphatic carbocycles. The van der Waals surface area contributed by atoms with Gasteiger partial charge in [0.25, 0.3) is 0 Å². The van der Waals surface area contributed by atoms with Crippen molar-refractivity contribution in [2.75, 3.05) is 39.5 Å². The molecule has 1 fully saturated rings. The Morgan fingerprint density at radius 3 is 1.56 bits per heavy atom. The highest BCUT2D eigenvalue weighted by atomic mass is 32.2. The molecule has 3 aromatic rings. The summed E-state index contributed by atoms with van der Waals surface area (Å²) in [6.07, 6.45) is 1.14. The summed E-state index contributed by atoms with van der Waals surface area (Å²) in [4.78, 5) is 17.8. The third-order valence-electron chi connectivity index (χ3n) is 6.46. The van der Waals surface area contributed by atoms with Gasteiger partial charge in [0.1, 0.15) is 6.04 Å². The van der Waals surface area contributed by atoms with Gasteiger partial charge in [0, 0.05) is 33.2 Å². The van der Waals surface area contributed by atoms with Crippen LogP contribution in [0.4, 0.5) is 0 Å². The highest BCUT2D eigenvalue weighted by Gasteiger charge is 2.36. The summed E-state index contributed by atoms with van der Waals surface area (Å²) >= 11 is 0. The number of nitrogens with zero attached hydrogens (tertiary/aromatic N) is 3. The van der Waals surface area contributed by atoms with Gasteiger partial charge in [-0.25, -0.2) is 8.42 Å². The van der Waals surface area contributed by atoms with Gasteiger partial charge in [-0.1, -0.05) is 91.0 Å². The molecule has 1 atom stereocenters. The second-order valence-corrected chi connectivity index (χ2v) is 10.7. The molecule has 1 saturated heterocycles. The third-order valence-corrected chi connectivity index (χ3v) is 7.71. The SMILES string of the molecule is CN(C(C(=O)N1CCN(C(c2ccccc2)c2ccccc2)CC1)c1ccccc1)S(C)(=O)=O. The van der Waals surface area contributed by atoms with Crippen molar-refractivity contribution in [3.63, 3.8) is 0 Å². The Hall–Kier alpha value is -3.00. The van der Waals surface area contributed by atoms with E-state index in [1.54, 1.807) is 17.0 Å². The fourth-order valence-electron chi connectivity index (χ4n) is 4.59. The fraction of sp³-hybridized carbons (Fsp3) is 0.296. The molecule has 0 aromatic heterocycles. The molecule has 34 heavy (non-hydrogen) atoms. The molecular weight excluding hydrogens is 446 g/mol. The fourth-order valence-corrected chi connectivity index (χ4v) is 5.19. The van der Waals surface area contributed by atoms with E-state index >= 15 is 0 Å². The van der Waals surface area contributed by atoms with E-state index in [4.69, 9.17) is 0 Å². The zero-order chi connectivity index (χ0) is 24.1. The van der Waals surface area contributed by atoms with Crippen LogP contribution in [0.3, 0.4) is 0 Å². The molecule has 1 heterocycles. The Kier molecular flexibility index (Phi) is 7.46. The quantitative estimate of drug-likeness (QED) is 0.522. The molecule has 1 amide bonds. The average molecular weight is 478 g/mol. The minimum absolute atomic E-state index is 0.100. The molecule has 0 radical (unpaired) electrons. The highest BCUT2D eigenvalue weighted by molar-refractivity contribution is 7.88. The molecule has 0 N–H and O–H groups in total. The first-order valence-electron chi connectivity index (χ1n) is 11.5. The molecular formula is C27H31N3O3S. The highest BCUT2D eigenvalue weighted by Crippen LogP contribution is 2.31. The number of hydrogen-bond donors (Lipinski definition) is 0. The van der Waals surface area contributed by atoms with Crippen LogP contribution in [-0.2, 0) is 14.8 Å². The van der Waals surface area contributed by atoms with Crippen LogP contribution >= 0.6 is 0 Å². The van der Waals surface area contributed by atoms with Crippen molar-refractivity contribution in [3.8, 4) is 0 Å². The van der Waals surface area contributed by atoms with E-state index in [0.29, 0.717) is 31.7 Å². The lowest BCUT2D eigenvalue weighted by Gasteiger charge is -2.41. The predicted octanol–water partition coefficient (Wildman–Crippen LogP) is 3.55. The molecule has 7 heteroatoms. The molecule has 4 rings (SSSR count). The van der Waals surface area contributed by atoms with Crippen molar-refractivity contribution in [1.29, 1.82) is 0 Å². The zero-order valence-corrected chi connectivity index (χ0v) is 20.4. The smallest absolute Gasteiger partial charge is 0.245 e. The van der Waals surface area contributed by atoms with Crippen LogP contribution in [-0.4, -0.2) is 67.9 Å². The Bertz CT molecular complexity index is 1140. The molecule has 1 unspecified atom stereocenters. The van der Waals surface area contributed by atoms with Crippen LogP contribution in [0.5, 0.6) is 0 Å². The maximum absolute atomic E-state index is 13.6. The van der Waals surface area contributed by atoms with Crippen LogP contribution in [0.1, 0.15) is 28.8 Å². The number of piperazine rings is 1. The molecule has 0 bridgehead atoms. The zero-order valence-electron chi connectivity index (χ0n) is 19.6. The Labute approximate surface area is 202 Å². The topological polar surface area (TPSA) is 60.9 Å². The van der Waals surface area contributed by atoms with Crippen molar-refractivity contribution >= 4 is 15.9 Å². The molecule has 0 saturated carbocycles. The predicted molar refractivity (Wildman–Crippen MR) is 135 cm³/mol. The molecule has 3 aromatic carbocycles. The summed E-state index contributed by atoms with van der Waals surface area (Å²) in [6.45, 7) is 2.47. The lowest BCUT2D eigenvalue weighted by molar-refractivity contribution is -0.137. The van der Waals surface area contributed by atoms with Crippen LogP contribution in [0.25, 0.3) is 0 Å². The molecule has 1 aliphatic heterocycles. The minimum atomic E-state index is -3.55. The van der Waals surface area contributed by atoms with Crippen LogP contribution in [0.15, 0.2) is 91.0 Å². The summed E-state index contributed by atoms with van der Waals surface area (Å²) in [5.41, 5.74) is 3.11. The number of hydrogen-bond acceptors (Lipinski definition) is 4.